The average Bonchev–Trinajstić information content (AvgIpc) is 2.62. The van der Waals surface area contributed by atoms with E-state index in [1.54, 1.807) is 0 Å². The third-order valence-corrected chi connectivity index (χ3v) is 6.21. The Balaban J connectivity index is 1.45. The molecule has 0 radical (unpaired) electrons. The fourth-order valence-corrected chi connectivity index (χ4v) is 4.45. The second kappa shape index (κ2) is 14.9. The fraction of sp³-hybridized carbons (Fsp3) is 0.917. The summed E-state index contributed by atoms with van der Waals surface area (Å²) in [6.45, 7) is 0. The van der Waals surface area contributed by atoms with E-state index in [0.717, 1.165) is 51.4 Å². The van der Waals surface area contributed by atoms with Crippen LogP contribution in [-0.2, 0) is 19.1 Å². The van der Waals surface area contributed by atoms with Gasteiger partial charge in [-0.1, -0.05) is 51.4 Å². The van der Waals surface area contributed by atoms with Gasteiger partial charge in [0.2, 0.25) is 0 Å². The number of rotatable bonds is 9. The van der Waals surface area contributed by atoms with Crippen molar-refractivity contribution in [3.63, 3.8) is 0 Å². The van der Waals surface area contributed by atoms with Crippen LogP contribution in [0.2, 0.25) is 0 Å². The Kier molecular flexibility index (Phi) is 12.3. The van der Waals surface area contributed by atoms with Crippen LogP contribution in [0.4, 0.5) is 0 Å². The number of carbonyl (C=O) groups excluding carboxylic acids is 2. The Labute approximate surface area is 172 Å². The Morgan fingerprint density at radius 3 is 1.18 bits per heavy atom. The maximum atomic E-state index is 12.0. The summed E-state index contributed by atoms with van der Waals surface area (Å²) in [7, 11) is 0. The molecular formula is C24H42O4. The summed E-state index contributed by atoms with van der Waals surface area (Å²) < 4.78 is 11.3. The molecule has 2 rings (SSSR count). The number of carbonyl (C=O) groups is 2. The zero-order chi connectivity index (χ0) is 19.9. The molecule has 0 amide bonds. The summed E-state index contributed by atoms with van der Waals surface area (Å²) in [6.07, 6.45) is 21.7. The van der Waals surface area contributed by atoms with E-state index in [-0.39, 0.29) is 24.1 Å². The highest BCUT2D eigenvalue weighted by Gasteiger charge is 2.17. The monoisotopic (exact) mass is 394 g/mol. The summed E-state index contributed by atoms with van der Waals surface area (Å²) in [5, 5.41) is 0. The van der Waals surface area contributed by atoms with Crippen LogP contribution in [0.3, 0.4) is 0 Å². The third-order valence-electron chi connectivity index (χ3n) is 6.21. The molecule has 0 heterocycles. The van der Waals surface area contributed by atoms with Crippen LogP contribution in [0.5, 0.6) is 0 Å². The molecule has 0 aromatic heterocycles. The molecular weight excluding hydrogens is 352 g/mol. The van der Waals surface area contributed by atoms with Gasteiger partial charge in [-0.15, -0.1) is 0 Å². The van der Waals surface area contributed by atoms with Gasteiger partial charge in [0.15, 0.2) is 0 Å². The topological polar surface area (TPSA) is 52.6 Å². The molecule has 0 saturated heterocycles. The summed E-state index contributed by atoms with van der Waals surface area (Å²) in [6, 6.07) is 0. The van der Waals surface area contributed by atoms with Crippen molar-refractivity contribution in [2.24, 2.45) is 0 Å². The van der Waals surface area contributed by atoms with Crippen LogP contribution >= 0.6 is 0 Å². The normalized spacial score (nSPS) is 20.4. The zero-order valence-corrected chi connectivity index (χ0v) is 17.9. The summed E-state index contributed by atoms with van der Waals surface area (Å²) in [5.74, 6) is -0.0662. The minimum absolute atomic E-state index is 0.0331. The molecule has 0 spiro atoms. The predicted molar refractivity (Wildman–Crippen MR) is 112 cm³/mol. The van der Waals surface area contributed by atoms with E-state index in [2.05, 4.69) is 0 Å². The van der Waals surface area contributed by atoms with Crippen molar-refractivity contribution >= 4 is 11.9 Å². The van der Waals surface area contributed by atoms with E-state index in [9.17, 15) is 9.59 Å². The number of ether oxygens (including phenoxy) is 2. The quantitative estimate of drug-likeness (QED) is 0.325. The van der Waals surface area contributed by atoms with Crippen LogP contribution < -0.4 is 0 Å². The van der Waals surface area contributed by atoms with Gasteiger partial charge in [0.1, 0.15) is 12.2 Å². The molecule has 2 aliphatic carbocycles. The van der Waals surface area contributed by atoms with Crippen molar-refractivity contribution in [2.45, 2.75) is 141 Å². The van der Waals surface area contributed by atoms with Crippen LogP contribution in [0, 0.1) is 0 Å². The lowest BCUT2D eigenvalue weighted by Crippen LogP contribution is -2.19. The number of unbranched alkanes of at least 4 members (excludes halogenated alkanes) is 3. The van der Waals surface area contributed by atoms with Crippen LogP contribution in [0.1, 0.15) is 128 Å². The van der Waals surface area contributed by atoms with E-state index < -0.39 is 0 Å². The lowest BCUT2D eigenvalue weighted by Gasteiger charge is -2.20. The lowest BCUT2D eigenvalue weighted by molar-refractivity contribution is -0.151. The standard InChI is InChI=1S/C24H42O4/c25-23(27-21-15-9-3-1-4-10-16-21)19-13-7-8-14-20-24(26)28-22-17-11-5-2-6-12-18-22/h21-22H,1-20H2. The van der Waals surface area contributed by atoms with Crippen molar-refractivity contribution in [1.82, 2.24) is 0 Å². The van der Waals surface area contributed by atoms with E-state index >= 15 is 0 Å². The first-order chi connectivity index (χ1) is 13.7. The fourth-order valence-electron chi connectivity index (χ4n) is 4.45. The molecule has 2 saturated carbocycles. The molecule has 0 aromatic rings. The second-order valence-electron chi connectivity index (χ2n) is 8.83. The summed E-state index contributed by atoms with van der Waals surface area (Å²) in [5.41, 5.74) is 0. The Morgan fingerprint density at radius 2 is 0.821 bits per heavy atom. The highest BCUT2D eigenvalue weighted by atomic mass is 16.5. The number of hydrogen-bond donors (Lipinski definition) is 0. The van der Waals surface area contributed by atoms with Gasteiger partial charge in [-0.3, -0.25) is 9.59 Å². The van der Waals surface area contributed by atoms with Crippen molar-refractivity contribution < 1.29 is 19.1 Å². The SMILES string of the molecule is O=C(CCCCCCC(=O)OC1CCCCCCC1)OC1CCCCCCC1. The van der Waals surface area contributed by atoms with Crippen LogP contribution in [0.25, 0.3) is 0 Å². The Morgan fingerprint density at radius 1 is 0.500 bits per heavy atom. The van der Waals surface area contributed by atoms with Crippen molar-refractivity contribution in [2.75, 3.05) is 0 Å². The molecule has 0 aromatic carbocycles. The van der Waals surface area contributed by atoms with E-state index in [4.69, 9.17) is 9.47 Å². The second-order valence-corrected chi connectivity index (χ2v) is 8.83. The van der Waals surface area contributed by atoms with Gasteiger partial charge in [0, 0.05) is 12.8 Å². The smallest absolute Gasteiger partial charge is 0.306 e. The first kappa shape index (κ1) is 23.2. The van der Waals surface area contributed by atoms with Crippen LogP contribution in [-0.4, -0.2) is 24.1 Å². The van der Waals surface area contributed by atoms with Gasteiger partial charge in [-0.05, 0) is 64.2 Å². The van der Waals surface area contributed by atoms with Gasteiger partial charge in [-0.25, -0.2) is 0 Å². The molecule has 0 bridgehead atoms. The van der Waals surface area contributed by atoms with Gasteiger partial charge >= 0.3 is 11.9 Å². The third kappa shape index (κ3) is 11.1. The largest absolute Gasteiger partial charge is 0.462 e. The maximum absolute atomic E-state index is 12.0. The molecule has 4 heteroatoms. The molecule has 162 valence electrons. The first-order valence-corrected chi connectivity index (χ1v) is 12.1. The van der Waals surface area contributed by atoms with Crippen LogP contribution in [0.15, 0.2) is 0 Å². The number of esters is 2. The molecule has 0 N–H and O–H groups in total. The molecule has 2 aliphatic rings. The average molecular weight is 395 g/mol. The van der Waals surface area contributed by atoms with Gasteiger partial charge in [0.25, 0.3) is 0 Å². The maximum Gasteiger partial charge on any atom is 0.306 e. The zero-order valence-electron chi connectivity index (χ0n) is 17.9. The van der Waals surface area contributed by atoms with E-state index in [1.807, 2.05) is 0 Å². The first-order valence-electron chi connectivity index (χ1n) is 12.1. The molecule has 0 unspecified atom stereocenters. The highest BCUT2D eigenvalue weighted by molar-refractivity contribution is 5.69. The Bertz CT molecular complexity index is 378. The minimum Gasteiger partial charge on any atom is -0.462 e. The van der Waals surface area contributed by atoms with Gasteiger partial charge < -0.3 is 9.47 Å². The highest BCUT2D eigenvalue weighted by Crippen LogP contribution is 2.21. The molecule has 0 atom stereocenters. The predicted octanol–water partition coefficient (Wildman–Crippen LogP) is 6.64. The lowest BCUT2D eigenvalue weighted by atomic mass is 9.98. The molecule has 4 nitrogen and oxygen atoms in total. The van der Waals surface area contributed by atoms with E-state index in [0.29, 0.717) is 12.8 Å². The Hall–Kier alpha value is -1.06. The van der Waals surface area contributed by atoms with Crippen molar-refractivity contribution in [1.29, 1.82) is 0 Å². The number of hydrogen-bond acceptors (Lipinski definition) is 4. The van der Waals surface area contributed by atoms with Gasteiger partial charge in [0.05, 0.1) is 0 Å². The molecule has 28 heavy (non-hydrogen) atoms. The molecule has 2 fully saturated rings. The van der Waals surface area contributed by atoms with E-state index in [1.165, 1.54) is 64.2 Å². The summed E-state index contributed by atoms with van der Waals surface area (Å²) >= 11 is 0. The molecule has 0 aliphatic heterocycles. The van der Waals surface area contributed by atoms with Gasteiger partial charge in [-0.2, -0.15) is 0 Å². The summed E-state index contributed by atoms with van der Waals surface area (Å²) in [4.78, 5) is 24.1. The van der Waals surface area contributed by atoms with Crippen molar-refractivity contribution in [3.05, 3.63) is 0 Å². The minimum atomic E-state index is -0.0331. The van der Waals surface area contributed by atoms with Crippen molar-refractivity contribution in [3.8, 4) is 0 Å².